The number of rotatable bonds is 6. The van der Waals surface area contributed by atoms with Crippen LogP contribution in [0, 0.1) is 0 Å². The first-order chi connectivity index (χ1) is 9.20. The van der Waals surface area contributed by atoms with Gasteiger partial charge in [-0.3, -0.25) is 5.10 Å². The SMILES string of the molecule is CCN(C)CC(C)NCc1n[nH]c2c1CCCCC2. The topological polar surface area (TPSA) is 44.0 Å². The molecule has 1 atom stereocenters. The van der Waals surface area contributed by atoms with Gasteiger partial charge in [-0.2, -0.15) is 5.10 Å². The lowest BCUT2D eigenvalue weighted by Crippen LogP contribution is -2.37. The molecule has 1 aromatic heterocycles. The van der Waals surface area contributed by atoms with Gasteiger partial charge in [0.25, 0.3) is 0 Å². The summed E-state index contributed by atoms with van der Waals surface area (Å²) >= 11 is 0. The van der Waals surface area contributed by atoms with E-state index in [2.05, 4.69) is 41.3 Å². The average Bonchev–Trinajstić information content (AvgIpc) is 2.63. The van der Waals surface area contributed by atoms with E-state index in [1.807, 2.05) is 0 Å². The molecular formula is C15H28N4. The van der Waals surface area contributed by atoms with Crippen LogP contribution in [-0.4, -0.2) is 41.3 Å². The molecule has 1 aromatic rings. The Hall–Kier alpha value is -0.870. The largest absolute Gasteiger partial charge is 0.307 e. The van der Waals surface area contributed by atoms with Crippen molar-refractivity contribution in [1.29, 1.82) is 0 Å². The zero-order valence-corrected chi connectivity index (χ0v) is 12.6. The summed E-state index contributed by atoms with van der Waals surface area (Å²) in [6, 6.07) is 0.503. The molecule has 0 radical (unpaired) electrons. The van der Waals surface area contributed by atoms with Crippen molar-refractivity contribution in [2.45, 2.75) is 58.5 Å². The van der Waals surface area contributed by atoms with Crippen LogP contribution in [0.3, 0.4) is 0 Å². The molecule has 1 aliphatic carbocycles. The minimum absolute atomic E-state index is 0.503. The Kier molecular flexibility index (Phi) is 5.40. The van der Waals surface area contributed by atoms with Crippen LogP contribution in [0.2, 0.25) is 0 Å². The van der Waals surface area contributed by atoms with Crippen molar-refractivity contribution in [3.05, 3.63) is 17.0 Å². The first-order valence-electron chi connectivity index (χ1n) is 7.67. The van der Waals surface area contributed by atoms with Gasteiger partial charge in [0.2, 0.25) is 0 Å². The third kappa shape index (κ3) is 4.05. The summed E-state index contributed by atoms with van der Waals surface area (Å²) in [5.74, 6) is 0. The molecular weight excluding hydrogens is 236 g/mol. The maximum Gasteiger partial charge on any atom is 0.0794 e. The van der Waals surface area contributed by atoms with Gasteiger partial charge in [0.05, 0.1) is 5.69 Å². The van der Waals surface area contributed by atoms with Crippen LogP contribution >= 0.6 is 0 Å². The average molecular weight is 264 g/mol. The molecule has 2 rings (SSSR count). The second-order valence-corrected chi connectivity index (χ2v) is 5.82. The molecule has 2 N–H and O–H groups in total. The minimum atomic E-state index is 0.503. The van der Waals surface area contributed by atoms with E-state index in [0.29, 0.717) is 6.04 Å². The van der Waals surface area contributed by atoms with Gasteiger partial charge in [-0.05, 0) is 51.8 Å². The van der Waals surface area contributed by atoms with Crippen molar-refractivity contribution < 1.29 is 0 Å². The molecule has 0 bridgehead atoms. The molecule has 1 heterocycles. The smallest absolute Gasteiger partial charge is 0.0794 e. The number of H-pyrrole nitrogens is 1. The van der Waals surface area contributed by atoms with Gasteiger partial charge >= 0.3 is 0 Å². The number of aromatic amines is 1. The Labute approximate surface area is 117 Å². The standard InChI is InChI=1S/C15H28N4/c1-4-19(3)11-12(2)16-10-15-13-8-6-5-7-9-14(13)17-18-15/h12,16H,4-11H2,1-3H3,(H,17,18). The van der Waals surface area contributed by atoms with Crippen molar-refractivity contribution in [1.82, 2.24) is 20.4 Å². The van der Waals surface area contributed by atoms with Gasteiger partial charge < -0.3 is 10.2 Å². The second-order valence-electron chi connectivity index (χ2n) is 5.82. The molecule has 0 aliphatic heterocycles. The maximum atomic E-state index is 4.51. The summed E-state index contributed by atoms with van der Waals surface area (Å²) in [5, 5.41) is 11.3. The van der Waals surface area contributed by atoms with Crippen molar-refractivity contribution in [2.24, 2.45) is 0 Å². The number of nitrogens with one attached hydrogen (secondary N) is 2. The van der Waals surface area contributed by atoms with Gasteiger partial charge in [0, 0.05) is 24.8 Å². The van der Waals surface area contributed by atoms with Crippen LogP contribution in [0.4, 0.5) is 0 Å². The molecule has 0 fully saturated rings. The third-order valence-electron chi connectivity index (χ3n) is 4.14. The number of hydrogen-bond acceptors (Lipinski definition) is 3. The van der Waals surface area contributed by atoms with Crippen LogP contribution in [0.1, 0.15) is 50.1 Å². The first kappa shape index (κ1) is 14.5. The molecule has 0 amide bonds. The zero-order chi connectivity index (χ0) is 13.7. The van der Waals surface area contributed by atoms with E-state index in [1.54, 1.807) is 0 Å². The number of nitrogens with zero attached hydrogens (tertiary/aromatic N) is 2. The number of hydrogen-bond donors (Lipinski definition) is 2. The van der Waals surface area contributed by atoms with E-state index in [-0.39, 0.29) is 0 Å². The highest BCUT2D eigenvalue weighted by Gasteiger charge is 2.16. The van der Waals surface area contributed by atoms with Crippen LogP contribution in [0.25, 0.3) is 0 Å². The van der Waals surface area contributed by atoms with Gasteiger partial charge in [-0.15, -0.1) is 0 Å². The van der Waals surface area contributed by atoms with E-state index in [1.165, 1.54) is 49.1 Å². The Bertz CT molecular complexity index is 385. The highest BCUT2D eigenvalue weighted by atomic mass is 15.2. The minimum Gasteiger partial charge on any atom is -0.307 e. The fourth-order valence-corrected chi connectivity index (χ4v) is 2.80. The lowest BCUT2D eigenvalue weighted by Gasteiger charge is -2.20. The quantitative estimate of drug-likeness (QED) is 0.773. The number of aromatic nitrogens is 2. The summed E-state index contributed by atoms with van der Waals surface area (Å²) in [6.45, 7) is 7.52. The van der Waals surface area contributed by atoms with E-state index in [0.717, 1.165) is 19.6 Å². The molecule has 4 nitrogen and oxygen atoms in total. The highest BCUT2D eigenvalue weighted by molar-refractivity contribution is 5.26. The summed E-state index contributed by atoms with van der Waals surface area (Å²) in [6.07, 6.45) is 6.35. The lowest BCUT2D eigenvalue weighted by atomic mass is 10.1. The summed E-state index contributed by atoms with van der Waals surface area (Å²) in [5.41, 5.74) is 4.11. The van der Waals surface area contributed by atoms with E-state index in [4.69, 9.17) is 0 Å². The van der Waals surface area contributed by atoms with E-state index >= 15 is 0 Å². The molecule has 0 saturated carbocycles. The fraction of sp³-hybridized carbons (Fsp3) is 0.800. The third-order valence-corrected chi connectivity index (χ3v) is 4.14. The van der Waals surface area contributed by atoms with E-state index < -0.39 is 0 Å². The van der Waals surface area contributed by atoms with Crippen molar-refractivity contribution in [2.75, 3.05) is 20.1 Å². The molecule has 4 heteroatoms. The molecule has 0 spiro atoms. The van der Waals surface area contributed by atoms with Gasteiger partial charge in [0.15, 0.2) is 0 Å². The van der Waals surface area contributed by atoms with Crippen LogP contribution < -0.4 is 5.32 Å². The summed E-state index contributed by atoms with van der Waals surface area (Å²) < 4.78 is 0. The fourth-order valence-electron chi connectivity index (χ4n) is 2.80. The summed E-state index contributed by atoms with van der Waals surface area (Å²) in [7, 11) is 2.17. The molecule has 0 saturated heterocycles. The Morgan fingerprint density at radius 3 is 2.89 bits per heavy atom. The first-order valence-corrected chi connectivity index (χ1v) is 7.67. The monoisotopic (exact) mass is 264 g/mol. The van der Waals surface area contributed by atoms with Gasteiger partial charge in [-0.25, -0.2) is 0 Å². The van der Waals surface area contributed by atoms with Crippen LogP contribution in [0.15, 0.2) is 0 Å². The Balaban J connectivity index is 1.87. The summed E-state index contributed by atoms with van der Waals surface area (Å²) in [4.78, 5) is 2.34. The highest BCUT2D eigenvalue weighted by Crippen LogP contribution is 2.21. The Morgan fingerprint density at radius 1 is 1.32 bits per heavy atom. The zero-order valence-electron chi connectivity index (χ0n) is 12.6. The predicted octanol–water partition coefficient (Wildman–Crippen LogP) is 2.11. The number of likely N-dealkylation sites (N-methyl/N-ethyl adjacent to an activating group) is 1. The van der Waals surface area contributed by atoms with Gasteiger partial charge in [-0.1, -0.05) is 13.3 Å². The van der Waals surface area contributed by atoms with Crippen LogP contribution in [0.5, 0.6) is 0 Å². The normalized spacial score (nSPS) is 17.3. The van der Waals surface area contributed by atoms with E-state index in [9.17, 15) is 0 Å². The van der Waals surface area contributed by atoms with Crippen molar-refractivity contribution in [3.63, 3.8) is 0 Å². The number of aryl methyl sites for hydroxylation is 1. The maximum absolute atomic E-state index is 4.51. The van der Waals surface area contributed by atoms with Gasteiger partial charge in [0.1, 0.15) is 0 Å². The molecule has 1 unspecified atom stereocenters. The molecule has 0 aromatic carbocycles. The van der Waals surface area contributed by atoms with Crippen molar-refractivity contribution in [3.8, 4) is 0 Å². The Morgan fingerprint density at radius 2 is 2.11 bits per heavy atom. The molecule has 1 aliphatic rings. The lowest BCUT2D eigenvalue weighted by molar-refractivity contribution is 0.309. The second kappa shape index (κ2) is 7.06. The molecule has 108 valence electrons. The molecule has 19 heavy (non-hydrogen) atoms. The van der Waals surface area contributed by atoms with Crippen LogP contribution in [-0.2, 0) is 19.4 Å². The predicted molar refractivity (Wildman–Crippen MR) is 79.3 cm³/mol. The number of fused-ring (bicyclic) bond motifs is 1. The van der Waals surface area contributed by atoms with Crippen molar-refractivity contribution >= 4 is 0 Å².